The normalized spacial score (nSPS) is 11.3. The van der Waals surface area contributed by atoms with Crippen molar-refractivity contribution in [2.45, 2.75) is 13.0 Å². The molecule has 5 nitrogen and oxygen atoms in total. The molecule has 1 heterocycles. The highest BCUT2D eigenvalue weighted by molar-refractivity contribution is 9.11. The third-order valence-corrected chi connectivity index (χ3v) is 5.19. The molecule has 1 aromatic carbocycles. The van der Waals surface area contributed by atoms with Gasteiger partial charge in [-0.15, -0.1) is 11.3 Å². The van der Waals surface area contributed by atoms with Crippen molar-refractivity contribution in [3.05, 3.63) is 56.2 Å². The second-order valence-electron chi connectivity index (χ2n) is 5.71. The number of nitrogens with zero attached hydrogens (tertiary/aromatic N) is 2. The molecule has 2 rings (SSSR count). The van der Waals surface area contributed by atoms with Crippen LogP contribution in [0.5, 0.6) is 0 Å². The van der Waals surface area contributed by atoms with Crippen LogP contribution in [0, 0.1) is 0 Å². The summed E-state index contributed by atoms with van der Waals surface area (Å²) in [6.45, 7) is 1.48. The lowest BCUT2D eigenvalue weighted by molar-refractivity contribution is 0.0827. The van der Waals surface area contributed by atoms with E-state index in [4.69, 9.17) is 0 Å². The quantitative estimate of drug-likeness (QED) is 0.555. The van der Waals surface area contributed by atoms with E-state index in [0.29, 0.717) is 5.56 Å². The molecule has 25 heavy (non-hydrogen) atoms. The number of carbonyl (C=O) groups is 1. The van der Waals surface area contributed by atoms with Crippen LogP contribution in [0.1, 0.15) is 20.8 Å². The van der Waals surface area contributed by atoms with E-state index in [9.17, 15) is 4.79 Å². The lowest BCUT2D eigenvalue weighted by Crippen LogP contribution is -2.37. The SMILES string of the molecule is CN=C(NCCc1cccc(C(=O)N(C)C)c1)NCc1ccc(Br)s1. The van der Waals surface area contributed by atoms with Gasteiger partial charge in [0.2, 0.25) is 0 Å². The molecule has 1 aromatic heterocycles. The fraction of sp³-hybridized carbons (Fsp3) is 0.333. The number of hydrogen-bond acceptors (Lipinski definition) is 3. The standard InChI is InChI=1S/C18H23BrN4OS/c1-20-18(22-12-15-7-8-16(19)25-15)21-10-9-13-5-4-6-14(11-13)17(24)23(2)3/h4-8,11H,9-10,12H2,1-3H3,(H2,20,21,22). The minimum atomic E-state index is 0.0226. The largest absolute Gasteiger partial charge is 0.356 e. The van der Waals surface area contributed by atoms with Gasteiger partial charge >= 0.3 is 0 Å². The van der Waals surface area contributed by atoms with E-state index in [-0.39, 0.29) is 5.91 Å². The van der Waals surface area contributed by atoms with Gasteiger partial charge in [-0.05, 0) is 52.2 Å². The summed E-state index contributed by atoms with van der Waals surface area (Å²) in [5.41, 5.74) is 1.84. The molecule has 0 radical (unpaired) electrons. The van der Waals surface area contributed by atoms with Crippen LogP contribution in [0.25, 0.3) is 0 Å². The van der Waals surface area contributed by atoms with Crippen LogP contribution < -0.4 is 10.6 Å². The van der Waals surface area contributed by atoms with Crippen molar-refractivity contribution >= 4 is 39.1 Å². The number of nitrogens with one attached hydrogen (secondary N) is 2. The van der Waals surface area contributed by atoms with Crippen molar-refractivity contribution in [1.82, 2.24) is 15.5 Å². The topological polar surface area (TPSA) is 56.7 Å². The summed E-state index contributed by atoms with van der Waals surface area (Å²) in [4.78, 5) is 19.1. The van der Waals surface area contributed by atoms with Crippen molar-refractivity contribution in [3.63, 3.8) is 0 Å². The first-order valence-corrected chi connectivity index (χ1v) is 9.60. The maximum Gasteiger partial charge on any atom is 0.253 e. The van der Waals surface area contributed by atoms with Crippen LogP contribution >= 0.6 is 27.3 Å². The molecular weight excluding hydrogens is 400 g/mol. The highest BCUT2D eigenvalue weighted by Crippen LogP contribution is 2.21. The Balaban J connectivity index is 1.82. The summed E-state index contributed by atoms with van der Waals surface area (Å²) in [6, 6.07) is 11.9. The Morgan fingerprint density at radius 2 is 2.04 bits per heavy atom. The maximum atomic E-state index is 12.0. The number of thiophene rings is 1. The maximum absolute atomic E-state index is 12.0. The van der Waals surface area contributed by atoms with Crippen LogP contribution in [-0.2, 0) is 13.0 Å². The average molecular weight is 423 g/mol. The van der Waals surface area contributed by atoms with Crippen molar-refractivity contribution in [2.24, 2.45) is 4.99 Å². The first kappa shape index (κ1) is 19.5. The van der Waals surface area contributed by atoms with E-state index in [1.807, 2.05) is 30.3 Å². The summed E-state index contributed by atoms with van der Waals surface area (Å²) < 4.78 is 1.12. The molecule has 0 aliphatic carbocycles. The smallest absolute Gasteiger partial charge is 0.253 e. The summed E-state index contributed by atoms with van der Waals surface area (Å²) in [6.07, 6.45) is 0.819. The van der Waals surface area contributed by atoms with Crippen molar-refractivity contribution in [2.75, 3.05) is 27.7 Å². The lowest BCUT2D eigenvalue weighted by atomic mass is 10.1. The highest BCUT2D eigenvalue weighted by atomic mass is 79.9. The van der Waals surface area contributed by atoms with Gasteiger partial charge < -0.3 is 15.5 Å². The minimum absolute atomic E-state index is 0.0226. The molecule has 0 saturated carbocycles. The van der Waals surface area contributed by atoms with E-state index >= 15 is 0 Å². The van der Waals surface area contributed by atoms with Crippen LogP contribution in [-0.4, -0.2) is 44.5 Å². The molecule has 1 amide bonds. The van der Waals surface area contributed by atoms with E-state index in [0.717, 1.165) is 34.8 Å². The van der Waals surface area contributed by atoms with Gasteiger partial charge in [0.05, 0.1) is 10.3 Å². The van der Waals surface area contributed by atoms with Gasteiger partial charge in [0, 0.05) is 38.1 Å². The van der Waals surface area contributed by atoms with E-state index in [1.165, 1.54) is 4.88 Å². The van der Waals surface area contributed by atoms with Gasteiger partial charge in [-0.2, -0.15) is 0 Å². The second-order valence-corrected chi connectivity index (χ2v) is 8.26. The number of guanidine groups is 1. The fourth-order valence-corrected chi connectivity index (χ4v) is 3.70. The molecule has 0 atom stereocenters. The Morgan fingerprint density at radius 1 is 1.24 bits per heavy atom. The van der Waals surface area contributed by atoms with Crippen LogP contribution in [0.4, 0.5) is 0 Å². The van der Waals surface area contributed by atoms with Gasteiger partial charge in [0.1, 0.15) is 0 Å². The van der Waals surface area contributed by atoms with Crippen molar-refractivity contribution < 1.29 is 4.79 Å². The van der Waals surface area contributed by atoms with Gasteiger partial charge in [-0.3, -0.25) is 9.79 Å². The Morgan fingerprint density at radius 3 is 2.68 bits per heavy atom. The first-order chi connectivity index (χ1) is 12.0. The predicted molar refractivity (Wildman–Crippen MR) is 108 cm³/mol. The summed E-state index contributed by atoms with van der Waals surface area (Å²) >= 11 is 5.17. The third kappa shape index (κ3) is 6.17. The molecule has 0 bridgehead atoms. The molecule has 7 heteroatoms. The number of benzene rings is 1. The van der Waals surface area contributed by atoms with Gasteiger partial charge in [0.15, 0.2) is 5.96 Å². The number of halogens is 1. The number of hydrogen-bond donors (Lipinski definition) is 2. The molecule has 0 unspecified atom stereocenters. The second kappa shape index (κ2) is 9.58. The van der Waals surface area contributed by atoms with Crippen LogP contribution in [0.3, 0.4) is 0 Å². The molecule has 0 spiro atoms. The predicted octanol–water partition coefficient (Wildman–Crippen LogP) is 3.12. The first-order valence-electron chi connectivity index (χ1n) is 7.99. The number of aliphatic imine (C=N–C) groups is 1. The molecule has 134 valence electrons. The van der Waals surface area contributed by atoms with Gasteiger partial charge in [-0.25, -0.2) is 0 Å². The van der Waals surface area contributed by atoms with E-state index < -0.39 is 0 Å². The van der Waals surface area contributed by atoms with Gasteiger partial charge in [0.25, 0.3) is 5.91 Å². The van der Waals surface area contributed by atoms with Gasteiger partial charge in [-0.1, -0.05) is 12.1 Å². The highest BCUT2D eigenvalue weighted by Gasteiger charge is 2.08. The van der Waals surface area contributed by atoms with Crippen LogP contribution in [0.2, 0.25) is 0 Å². The van der Waals surface area contributed by atoms with E-state index in [1.54, 1.807) is 37.4 Å². The molecule has 0 fully saturated rings. The molecule has 2 aromatic rings. The van der Waals surface area contributed by atoms with E-state index in [2.05, 4.69) is 37.6 Å². The number of carbonyl (C=O) groups excluding carboxylic acids is 1. The Bertz CT molecular complexity index is 742. The monoisotopic (exact) mass is 422 g/mol. The average Bonchev–Trinajstić information content (AvgIpc) is 3.02. The zero-order chi connectivity index (χ0) is 18.2. The minimum Gasteiger partial charge on any atom is -0.356 e. The van der Waals surface area contributed by atoms with Crippen molar-refractivity contribution in [3.8, 4) is 0 Å². The number of amides is 1. The molecular formula is C18H23BrN4OS. The molecule has 0 saturated heterocycles. The third-order valence-electron chi connectivity index (χ3n) is 3.57. The Labute approximate surface area is 161 Å². The zero-order valence-electron chi connectivity index (χ0n) is 14.7. The summed E-state index contributed by atoms with van der Waals surface area (Å²) in [7, 11) is 5.28. The number of rotatable bonds is 6. The van der Waals surface area contributed by atoms with Crippen LogP contribution in [0.15, 0.2) is 45.2 Å². The fourth-order valence-electron chi connectivity index (χ4n) is 2.28. The van der Waals surface area contributed by atoms with Crippen molar-refractivity contribution in [1.29, 1.82) is 0 Å². The summed E-state index contributed by atoms with van der Waals surface area (Å²) in [5, 5.41) is 6.60. The molecule has 0 aliphatic rings. The molecule has 2 N–H and O–H groups in total. The molecule has 0 aliphatic heterocycles. The Kier molecular flexibility index (Phi) is 7.46. The Hall–Kier alpha value is -1.86. The zero-order valence-corrected chi connectivity index (χ0v) is 17.1. The summed E-state index contributed by atoms with van der Waals surface area (Å²) in [5.74, 6) is 0.791. The lowest BCUT2D eigenvalue weighted by Gasteiger charge is -2.13.